The summed E-state index contributed by atoms with van der Waals surface area (Å²) in [5, 5.41) is 0. The number of nitrogens with zero attached hydrogens (tertiary/aromatic N) is 1. The van der Waals surface area contributed by atoms with Crippen molar-refractivity contribution in [2.24, 2.45) is 5.73 Å². The van der Waals surface area contributed by atoms with E-state index in [0.717, 1.165) is 0 Å². The van der Waals surface area contributed by atoms with E-state index in [0.29, 0.717) is 32.8 Å². The van der Waals surface area contributed by atoms with Crippen LogP contribution in [0.15, 0.2) is 12.2 Å². The molecule has 0 aromatic heterocycles. The Bertz CT molecular complexity index is 174. The highest BCUT2D eigenvalue weighted by Crippen LogP contribution is 1.97. The third-order valence-corrected chi connectivity index (χ3v) is 1.72. The molecule has 4 nitrogen and oxygen atoms in total. The summed E-state index contributed by atoms with van der Waals surface area (Å²) in [6.45, 7) is 3.07. The quantitative estimate of drug-likeness (QED) is 0.561. The molecule has 0 bridgehead atoms. The Morgan fingerprint density at radius 2 is 2.17 bits per heavy atom. The standard InChI is InChI=1S/C8H14N2O2/c9-3-1-2-8(11)10-4-6-12-7-5-10/h1-2H,3-7,9H2. The van der Waals surface area contributed by atoms with E-state index < -0.39 is 0 Å². The van der Waals surface area contributed by atoms with Gasteiger partial charge in [0.2, 0.25) is 5.91 Å². The van der Waals surface area contributed by atoms with Gasteiger partial charge in [0.25, 0.3) is 0 Å². The number of hydrogen-bond donors (Lipinski definition) is 1. The maximum absolute atomic E-state index is 11.3. The van der Waals surface area contributed by atoms with Gasteiger partial charge in [0.1, 0.15) is 0 Å². The second-order valence-electron chi connectivity index (χ2n) is 2.58. The average Bonchev–Trinajstić information content (AvgIpc) is 2.15. The van der Waals surface area contributed by atoms with Gasteiger partial charge in [0, 0.05) is 25.7 Å². The molecule has 1 fully saturated rings. The Morgan fingerprint density at radius 1 is 1.50 bits per heavy atom. The number of ether oxygens (including phenoxy) is 1. The molecule has 0 radical (unpaired) electrons. The zero-order chi connectivity index (χ0) is 8.81. The van der Waals surface area contributed by atoms with Crippen molar-refractivity contribution < 1.29 is 9.53 Å². The number of amides is 1. The third kappa shape index (κ3) is 2.64. The van der Waals surface area contributed by atoms with Crippen LogP contribution in [-0.4, -0.2) is 43.7 Å². The predicted molar refractivity (Wildman–Crippen MR) is 45.6 cm³/mol. The highest BCUT2D eigenvalue weighted by molar-refractivity contribution is 5.87. The molecule has 0 aromatic rings. The Labute approximate surface area is 72.0 Å². The molecule has 1 saturated heterocycles. The summed E-state index contributed by atoms with van der Waals surface area (Å²) < 4.78 is 5.11. The molecule has 0 atom stereocenters. The molecule has 0 unspecified atom stereocenters. The van der Waals surface area contributed by atoms with Gasteiger partial charge in [-0.3, -0.25) is 4.79 Å². The number of hydrogen-bond acceptors (Lipinski definition) is 3. The first kappa shape index (κ1) is 9.22. The van der Waals surface area contributed by atoms with E-state index in [-0.39, 0.29) is 5.91 Å². The van der Waals surface area contributed by atoms with Crippen molar-refractivity contribution in [3.8, 4) is 0 Å². The molecule has 2 N–H and O–H groups in total. The molecule has 1 aliphatic rings. The van der Waals surface area contributed by atoms with Crippen molar-refractivity contribution in [3.05, 3.63) is 12.2 Å². The number of carbonyl (C=O) groups is 1. The normalized spacial score (nSPS) is 18.6. The molecule has 0 aliphatic carbocycles. The van der Waals surface area contributed by atoms with E-state index in [1.807, 2.05) is 0 Å². The maximum Gasteiger partial charge on any atom is 0.246 e. The van der Waals surface area contributed by atoms with Crippen LogP contribution in [0.1, 0.15) is 0 Å². The van der Waals surface area contributed by atoms with Crippen LogP contribution >= 0.6 is 0 Å². The monoisotopic (exact) mass is 170 g/mol. The second kappa shape index (κ2) is 4.90. The van der Waals surface area contributed by atoms with Gasteiger partial charge in [0.15, 0.2) is 0 Å². The van der Waals surface area contributed by atoms with Gasteiger partial charge in [0.05, 0.1) is 13.2 Å². The summed E-state index contributed by atoms with van der Waals surface area (Å²) in [6.07, 6.45) is 3.18. The topological polar surface area (TPSA) is 55.6 Å². The summed E-state index contributed by atoms with van der Waals surface area (Å²) in [7, 11) is 0. The molecule has 12 heavy (non-hydrogen) atoms. The van der Waals surface area contributed by atoms with Crippen molar-refractivity contribution in [3.63, 3.8) is 0 Å². The molecular weight excluding hydrogens is 156 g/mol. The van der Waals surface area contributed by atoms with E-state index in [1.54, 1.807) is 11.0 Å². The molecule has 0 saturated carbocycles. The number of rotatable bonds is 2. The first-order valence-corrected chi connectivity index (χ1v) is 4.08. The lowest BCUT2D eigenvalue weighted by molar-refractivity contribution is -0.129. The molecule has 1 heterocycles. The minimum atomic E-state index is 0.0313. The van der Waals surface area contributed by atoms with Gasteiger partial charge in [-0.05, 0) is 0 Å². The Hall–Kier alpha value is -0.870. The van der Waals surface area contributed by atoms with E-state index in [4.69, 9.17) is 10.5 Å². The largest absolute Gasteiger partial charge is 0.378 e. The SMILES string of the molecule is NCC=CC(=O)N1CCOCC1. The van der Waals surface area contributed by atoms with Crippen molar-refractivity contribution in [1.29, 1.82) is 0 Å². The van der Waals surface area contributed by atoms with Gasteiger partial charge in [-0.1, -0.05) is 6.08 Å². The summed E-state index contributed by atoms with van der Waals surface area (Å²) in [4.78, 5) is 13.0. The Kier molecular flexibility index (Phi) is 3.76. The molecule has 4 heteroatoms. The second-order valence-corrected chi connectivity index (χ2v) is 2.58. The van der Waals surface area contributed by atoms with Gasteiger partial charge in [-0.2, -0.15) is 0 Å². The van der Waals surface area contributed by atoms with E-state index in [1.165, 1.54) is 6.08 Å². The predicted octanol–water partition coefficient (Wildman–Crippen LogP) is -0.640. The molecule has 1 rings (SSSR count). The lowest BCUT2D eigenvalue weighted by atomic mass is 10.3. The van der Waals surface area contributed by atoms with Crippen LogP contribution < -0.4 is 5.73 Å². The minimum Gasteiger partial charge on any atom is -0.378 e. The van der Waals surface area contributed by atoms with Crippen molar-refractivity contribution in [2.75, 3.05) is 32.8 Å². The fourth-order valence-corrected chi connectivity index (χ4v) is 1.06. The van der Waals surface area contributed by atoms with Crippen LogP contribution in [0, 0.1) is 0 Å². The molecule has 68 valence electrons. The minimum absolute atomic E-state index is 0.0313. The van der Waals surface area contributed by atoms with Crippen LogP contribution in [0.4, 0.5) is 0 Å². The highest BCUT2D eigenvalue weighted by atomic mass is 16.5. The van der Waals surface area contributed by atoms with Crippen LogP contribution in [-0.2, 0) is 9.53 Å². The van der Waals surface area contributed by atoms with E-state index >= 15 is 0 Å². The summed E-state index contributed by atoms with van der Waals surface area (Å²) in [5.74, 6) is 0.0313. The van der Waals surface area contributed by atoms with Gasteiger partial charge >= 0.3 is 0 Å². The first-order chi connectivity index (χ1) is 5.84. The Morgan fingerprint density at radius 3 is 2.75 bits per heavy atom. The van der Waals surface area contributed by atoms with Crippen molar-refractivity contribution in [2.45, 2.75) is 0 Å². The zero-order valence-electron chi connectivity index (χ0n) is 7.03. The Balaban J connectivity index is 2.34. The number of morpholine rings is 1. The molecule has 1 amide bonds. The average molecular weight is 170 g/mol. The van der Waals surface area contributed by atoms with Gasteiger partial charge in [-0.15, -0.1) is 0 Å². The molecule has 1 aliphatic heterocycles. The zero-order valence-corrected chi connectivity index (χ0v) is 7.03. The number of carbonyl (C=O) groups excluding carboxylic acids is 1. The first-order valence-electron chi connectivity index (χ1n) is 4.08. The van der Waals surface area contributed by atoms with Crippen LogP contribution in [0.25, 0.3) is 0 Å². The van der Waals surface area contributed by atoms with Crippen LogP contribution in [0.3, 0.4) is 0 Å². The smallest absolute Gasteiger partial charge is 0.246 e. The van der Waals surface area contributed by atoms with Crippen molar-refractivity contribution in [1.82, 2.24) is 4.90 Å². The van der Waals surface area contributed by atoms with E-state index in [9.17, 15) is 4.79 Å². The fourth-order valence-electron chi connectivity index (χ4n) is 1.06. The van der Waals surface area contributed by atoms with Gasteiger partial charge in [-0.25, -0.2) is 0 Å². The third-order valence-electron chi connectivity index (χ3n) is 1.72. The lowest BCUT2D eigenvalue weighted by Crippen LogP contribution is -2.39. The maximum atomic E-state index is 11.3. The van der Waals surface area contributed by atoms with Crippen LogP contribution in [0.2, 0.25) is 0 Å². The summed E-state index contributed by atoms with van der Waals surface area (Å²) in [5.41, 5.74) is 5.22. The highest BCUT2D eigenvalue weighted by Gasteiger charge is 2.13. The molecule has 0 aromatic carbocycles. The lowest BCUT2D eigenvalue weighted by Gasteiger charge is -2.25. The molecular formula is C8H14N2O2. The van der Waals surface area contributed by atoms with Gasteiger partial charge < -0.3 is 15.4 Å². The summed E-state index contributed by atoms with van der Waals surface area (Å²) >= 11 is 0. The summed E-state index contributed by atoms with van der Waals surface area (Å²) in [6, 6.07) is 0. The van der Waals surface area contributed by atoms with Crippen molar-refractivity contribution >= 4 is 5.91 Å². The van der Waals surface area contributed by atoms with Crippen LogP contribution in [0.5, 0.6) is 0 Å². The van der Waals surface area contributed by atoms with E-state index in [2.05, 4.69) is 0 Å². The fraction of sp³-hybridized carbons (Fsp3) is 0.625. The number of nitrogens with two attached hydrogens (primary N) is 1. The molecule has 0 spiro atoms.